The van der Waals surface area contributed by atoms with E-state index in [1.165, 1.54) is 19.2 Å². The first-order valence-corrected chi connectivity index (χ1v) is 6.41. The Hall–Kier alpha value is -1.95. The molecule has 3 nitrogen and oxygen atoms in total. The lowest BCUT2D eigenvalue weighted by atomic mass is 10.2. The Labute approximate surface area is 122 Å². The minimum absolute atomic E-state index is 0.355. The van der Waals surface area contributed by atoms with Crippen LogP contribution in [0.5, 0.6) is 5.75 Å². The maximum Gasteiger partial charge on any atom is 0.258 e. The quantitative estimate of drug-likeness (QED) is 0.916. The molecule has 104 valence electrons. The van der Waals surface area contributed by atoms with Gasteiger partial charge in [-0.15, -0.1) is 0 Å². The third-order valence-corrected chi connectivity index (χ3v) is 3.26. The maximum absolute atomic E-state index is 13.5. The van der Waals surface area contributed by atoms with Gasteiger partial charge in [0.1, 0.15) is 5.75 Å². The minimum atomic E-state index is -1.17. The zero-order valence-electron chi connectivity index (χ0n) is 10.4. The van der Waals surface area contributed by atoms with E-state index >= 15 is 0 Å². The molecule has 1 N–H and O–H groups in total. The Kier molecular flexibility index (Phi) is 4.34. The Morgan fingerprint density at radius 2 is 2.00 bits per heavy atom. The summed E-state index contributed by atoms with van der Waals surface area (Å²) in [6.07, 6.45) is 0. The minimum Gasteiger partial charge on any atom is -0.495 e. The predicted octanol–water partition coefficient (Wildman–Crippen LogP) is 3.99. The summed E-state index contributed by atoms with van der Waals surface area (Å²) in [6, 6.07) is 8.30. The molecule has 20 heavy (non-hydrogen) atoms. The smallest absolute Gasteiger partial charge is 0.258 e. The molecular weight excluding hydrogens is 332 g/mol. The van der Waals surface area contributed by atoms with Gasteiger partial charge in [0, 0.05) is 11.8 Å². The van der Waals surface area contributed by atoms with Crippen LogP contribution in [-0.2, 0) is 0 Å². The van der Waals surface area contributed by atoms with E-state index < -0.39 is 17.5 Å². The average molecular weight is 342 g/mol. The largest absolute Gasteiger partial charge is 0.495 e. The lowest BCUT2D eigenvalue weighted by molar-refractivity contribution is 0.102. The molecule has 2 aromatic rings. The standard InChI is InChI=1S/C14H10BrF2NO2/c1-20-12-7-8(5-6-10(12)15)18-14(19)9-3-2-4-11(16)13(9)17/h2-7H,1H3,(H,18,19). The summed E-state index contributed by atoms with van der Waals surface area (Å²) >= 11 is 3.28. The second-order valence-corrected chi connectivity index (χ2v) is 4.76. The first kappa shape index (κ1) is 14.5. The molecule has 0 bridgehead atoms. The van der Waals surface area contributed by atoms with Gasteiger partial charge in [-0.1, -0.05) is 6.07 Å². The van der Waals surface area contributed by atoms with Crippen LogP contribution in [-0.4, -0.2) is 13.0 Å². The van der Waals surface area contributed by atoms with Crippen LogP contribution >= 0.6 is 15.9 Å². The molecule has 0 spiro atoms. The van der Waals surface area contributed by atoms with Gasteiger partial charge in [0.25, 0.3) is 5.91 Å². The Bertz CT molecular complexity index is 662. The summed E-state index contributed by atoms with van der Waals surface area (Å²) in [6.45, 7) is 0. The summed E-state index contributed by atoms with van der Waals surface area (Å²) in [7, 11) is 1.48. The van der Waals surface area contributed by atoms with Gasteiger partial charge in [-0.2, -0.15) is 0 Å². The Morgan fingerprint density at radius 3 is 2.70 bits per heavy atom. The normalized spacial score (nSPS) is 10.2. The number of rotatable bonds is 3. The number of halogens is 3. The number of amides is 1. The van der Waals surface area contributed by atoms with E-state index in [9.17, 15) is 13.6 Å². The van der Waals surface area contributed by atoms with E-state index in [-0.39, 0.29) is 5.56 Å². The molecule has 0 atom stereocenters. The topological polar surface area (TPSA) is 38.3 Å². The highest BCUT2D eigenvalue weighted by molar-refractivity contribution is 9.10. The van der Waals surface area contributed by atoms with Gasteiger partial charge < -0.3 is 10.1 Å². The number of ether oxygens (including phenoxy) is 1. The van der Waals surface area contributed by atoms with Crippen molar-refractivity contribution in [3.63, 3.8) is 0 Å². The highest BCUT2D eigenvalue weighted by atomic mass is 79.9. The van der Waals surface area contributed by atoms with Gasteiger partial charge in [-0.05, 0) is 40.2 Å². The zero-order valence-corrected chi connectivity index (χ0v) is 12.0. The van der Waals surface area contributed by atoms with Crippen LogP contribution in [0.1, 0.15) is 10.4 Å². The van der Waals surface area contributed by atoms with Crippen molar-refractivity contribution in [3.05, 3.63) is 58.1 Å². The van der Waals surface area contributed by atoms with E-state index in [2.05, 4.69) is 21.2 Å². The third-order valence-electron chi connectivity index (χ3n) is 2.61. The van der Waals surface area contributed by atoms with Gasteiger partial charge in [0.15, 0.2) is 11.6 Å². The van der Waals surface area contributed by atoms with Crippen molar-refractivity contribution >= 4 is 27.5 Å². The van der Waals surface area contributed by atoms with Crippen molar-refractivity contribution < 1.29 is 18.3 Å². The lowest BCUT2D eigenvalue weighted by Crippen LogP contribution is -2.14. The van der Waals surface area contributed by atoms with Crippen molar-refractivity contribution in [3.8, 4) is 5.75 Å². The van der Waals surface area contributed by atoms with E-state index in [0.717, 1.165) is 10.5 Å². The Morgan fingerprint density at radius 1 is 1.25 bits per heavy atom. The van der Waals surface area contributed by atoms with Gasteiger partial charge >= 0.3 is 0 Å². The number of nitrogens with one attached hydrogen (secondary N) is 1. The van der Waals surface area contributed by atoms with Crippen molar-refractivity contribution in [1.82, 2.24) is 0 Å². The molecule has 0 aromatic heterocycles. The number of carbonyl (C=O) groups is 1. The number of carbonyl (C=O) groups excluding carboxylic acids is 1. The highest BCUT2D eigenvalue weighted by Gasteiger charge is 2.15. The maximum atomic E-state index is 13.5. The molecule has 0 aliphatic rings. The van der Waals surface area contributed by atoms with Crippen LogP contribution in [0.15, 0.2) is 40.9 Å². The average Bonchev–Trinajstić information content (AvgIpc) is 2.43. The SMILES string of the molecule is COc1cc(NC(=O)c2cccc(F)c2F)ccc1Br. The summed E-state index contributed by atoms with van der Waals surface area (Å²) in [5.41, 5.74) is 0.0607. The highest BCUT2D eigenvalue weighted by Crippen LogP contribution is 2.28. The fraction of sp³-hybridized carbons (Fsp3) is 0.0714. The number of methoxy groups -OCH3 is 1. The monoisotopic (exact) mass is 341 g/mol. The Balaban J connectivity index is 2.26. The molecule has 6 heteroatoms. The molecule has 2 aromatic carbocycles. The molecular formula is C14H10BrF2NO2. The summed E-state index contributed by atoms with van der Waals surface area (Å²) in [5, 5.41) is 2.48. The first-order chi connectivity index (χ1) is 9.52. The van der Waals surface area contributed by atoms with Crippen LogP contribution in [0.2, 0.25) is 0 Å². The molecule has 0 saturated heterocycles. The van der Waals surface area contributed by atoms with Crippen LogP contribution in [0.3, 0.4) is 0 Å². The molecule has 1 amide bonds. The molecule has 0 aliphatic carbocycles. The van der Waals surface area contributed by atoms with Gasteiger partial charge in [-0.3, -0.25) is 4.79 Å². The summed E-state index contributed by atoms with van der Waals surface area (Å²) in [4.78, 5) is 11.9. The van der Waals surface area contributed by atoms with Crippen molar-refractivity contribution in [2.75, 3.05) is 12.4 Å². The zero-order chi connectivity index (χ0) is 14.7. The van der Waals surface area contributed by atoms with E-state index in [4.69, 9.17) is 4.74 Å². The van der Waals surface area contributed by atoms with Crippen molar-refractivity contribution in [2.24, 2.45) is 0 Å². The van der Waals surface area contributed by atoms with Gasteiger partial charge in [0.05, 0.1) is 17.1 Å². The van der Waals surface area contributed by atoms with Crippen LogP contribution in [0, 0.1) is 11.6 Å². The summed E-state index contributed by atoms with van der Waals surface area (Å²) < 4.78 is 32.4. The molecule has 0 fully saturated rings. The molecule has 0 unspecified atom stereocenters. The second kappa shape index (κ2) is 6.00. The van der Waals surface area contributed by atoms with Crippen LogP contribution < -0.4 is 10.1 Å². The molecule has 0 saturated carbocycles. The van der Waals surface area contributed by atoms with E-state index in [1.54, 1.807) is 18.2 Å². The summed E-state index contributed by atoms with van der Waals surface area (Å²) in [5.74, 6) is -2.45. The van der Waals surface area contributed by atoms with Crippen molar-refractivity contribution in [1.29, 1.82) is 0 Å². The molecule has 0 heterocycles. The fourth-order valence-corrected chi connectivity index (χ4v) is 2.02. The van der Waals surface area contributed by atoms with E-state index in [0.29, 0.717) is 11.4 Å². The van der Waals surface area contributed by atoms with Gasteiger partial charge in [0.2, 0.25) is 0 Å². The number of benzene rings is 2. The number of anilines is 1. The number of hydrogen-bond donors (Lipinski definition) is 1. The first-order valence-electron chi connectivity index (χ1n) is 5.62. The lowest BCUT2D eigenvalue weighted by Gasteiger charge is -2.09. The fourth-order valence-electron chi connectivity index (χ4n) is 1.62. The number of hydrogen-bond acceptors (Lipinski definition) is 2. The third kappa shape index (κ3) is 2.96. The second-order valence-electron chi connectivity index (χ2n) is 3.90. The molecule has 0 aliphatic heterocycles. The van der Waals surface area contributed by atoms with Crippen LogP contribution in [0.4, 0.5) is 14.5 Å². The van der Waals surface area contributed by atoms with Crippen molar-refractivity contribution in [2.45, 2.75) is 0 Å². The van der Waals surface area contributed by atoms with E-state index in [1.807, 2.05) is 0 Å². The predicted molar refractivity (Wildman–Crippen MR) is 75.0 cm³/mol. The van der Waals surface area contributed by atoms with Crippen LogP contribution in [0.25, 0.3) is 0 Å². The van der Waals surface area contributed by atoms with Gasteiger partial charge in [-0.25, -0.2) is 8.78 Å². The molecule has 2 rings (SSSR count). The molecule has 0 radical (unpaired) electrons.